The predicted octanol–water partition coefficient (Wildman–Crippen LogP) is 2.34. The van der Waals surface area contributed by atoms with Crippen molar-refractivity contribution < 1.29 is 18.2 Å². The molecule has 3 aromatic rings. The van der Waals surface area contributed by atoms with E-state index in [0.717, 1.165) is 11.1 Å². The third-order valence-electron chi connectivity index (χ3n) is 3.32. The van der Waals surface area contributed by atoms with Crippen LogP contribution in [-0.2, 0) is 14.4 Å². The average Bonchev–Trinajstić information content (AvgIpc) is 2.55. The van der Waals surface area contributed by atoms with Crippen LogP contribution in [0.25, 0.3) is 10.8 Å². The molecule has 23 heavy (non-hydrogen) atoms. The molecule has 0 aliphatic rings. The molecule has 0 aliphatic carbocycles. The molecule has 0 saturated heterocycles. The van der Waals surface area contributed by atoms with Crippen LogP contribution in [0.2, 0.25) is 0 Å². The number of benzene rings is 3. The zero-order valence-electron chi connectivity index (χ0n) is 12.1. The van der Waals surface area contributed by atoms with Crippen molar-refractivity contribution in [2.75, 3.05) is 5.32 Å². The minimum atomic E-state index is -4.00. The van der Waals surface area contributed by atoms with Crippen molar-refractivity contribution in [2.45, 2.75) is 4.90 Å². The van der Waals surface area contributed by atoms with Crippen LogP contribution >= 0.6 is 0 Å². The van der Waals surface area contributed by atoms with Gasteiger partial charge in [0.25, 0.3) is 0 Å². The zero-order chi connectivity index (χ0) is 15.6. The highest BCUT2D eigenvalue weighted by molar-refractivity contribution is 7.87. The lowest BCUT2D eigenvalue weighted by molar-refractivity contribution is 0.333. The van der Waals surface area contributed by atoms with Gasteiger partial charge in [0.2, 0.25) is 0 Å². The summed E-state index contributed by atoms with van der Waals surface area (Å²) in [4.78, 5) is 0.0338. The lowest BCUT2D eigenvalue weighted by Gasteiger charge is -2.13. The van der Waals surface area contributed by atoms with Crippen LogP contribution in [0.15, 0.2) is 71.6 Å². The maximum Gasteiger partial charge on any atom is 0.313 e. The van der Waals surface area contributed by atoms with Gasteiger partial charge in [-0.3, -0.25) is 0 Å². The van der Waals surface area contributed by atoms with E-state index in [-0.39, 0.29) is 10.4 Å². The molecular weight excluding hydrogens is 316 g/mol. The van der Waals surface area contributed by atoms with Crippen molar-refractivity contribution in [3.05, 3.63) is 66.7 Å². The fourth-order valence-corrected chi connectivity index (χ4v) is 3.17. The summed E-state index contributed by atoms with van der Waals surface area (Å²) in [7, 11) is -4.00. The number of anilines is 2. The molecule has 0 fully saturated rings. The van der Waals surface area contributed by atoms with Gasteiger partial charge < -0.3 is 10.8 Å². The van der Waals surface area contributed by atoms with Crippen molar-refractivity contribution in [3.63, 3.8) is 0 Å². The Morgan fingerprint density at radius 3 is 2.17 bits per heavy atom. The van der Waals surface area contributed by atoms with Crippen LogP contribution in [-0.4, -0.2) is 13.9 Å². The third-order valence-corrected chi connectivity index (χ3v) is 4.45. The normalized spacial score (nSPS) is 11.0. The molecule has 0 atom stereocenters. The van der Waals surface area contributed by atoms with E-state index in [9.17, 15) is 8.42 Å². The van der Waals surface area contributed by atoms with E-state index < -0.39 is 10.1 Å². The summed E-state index contributed by atoms with van der Waals surface area (Å²) in [6.07, 6.45) is 0. The quantitative estimate of drug-likeness (QED) is 0.712. The number of para-hydroxylation sites is 1. The number of nitrogens with one attached hydrogen (secondary N) is 1. The van der Waals surface area contributed by atoms with Crippen molar-refractivity contribution in [3.8, 4) is 0 Å². The Labute approximate surface area is 133 Å². The van der Waals surface area contributed by atoms with E-state index in [0.29, 0.717) is 11.1 Å². The smallest absolute Gasteiger partial charge is 0.313 e. The summed E-state index contributed by atoms with van der Waals surface area (Å²) in [6, 6.07) is 20.0. The Morgan fingerprint density at radius 1 is 0.870 bits per heavy atom. The van der Waals surface area contributed by atoms with E-state index in [1.165, 1.54) is 6.07 Å². The van der Waals surface area contributed by atoms with E-state index in [1.54, 1.807) is 6.07 Å². The summed E-state index contributed by atoms with van der Waals surface area (Å²) in [5.74, 6) is 4.92. The van der Waals surface area contributed by atoms with Crippen LogP contribution in [0.3, 0.4) is 0 Å². The van der Waals surface area contributed by atoms with Gasteiger partial charge in [0, 0.05) is 16.8 Å². The first-order valence-corrected chi connectivity index (χ1v) is 8.00. The largest absolute Gasteiger partial charge is 0.412 e. The Morgan fingerprint density at radius 2 is 1.52 bits per heavy atom. The summed E-state index contributed by atoms with van der Waals surface area (Å²) in [5.41, 5.74) is 1.52. The van der Waals surface area contributed by atoms with Gasteiger partial charge in [0.15, 0.2) is 0 Å². The van der Waals surface area contributed by atoms with Gasteiger partial charge in [0.05, 0.1) is 0 Å². The van der Waals surface area contributed by atoms with Gasteiger partial charge in [-0.25, -0.2) is 0 Å². The SMILES string of the molecule is NOS(=O)(=O)c1cccc2cccc(Nc3ccccc3)c12.O. The van der Waals surface area contributed by atoms with Crippen LogP contribution in [0.5, 0.6) is 0 Å². The van der Waals surface area contributed by atoms with Crippen LogP contribution in [0.4, 0.5) is 11.4 Å². The third kappa shape index (κ3) is 3.33. The molecule has 120 valence electrons. The lowest BCUT2D eigenvalue weighted by atomic mass is 10.1. The highest BCUT2D eigenvalue weighted by Crippen LogP contribution is 2.32. The van der Waals surface area contributed by atoms with Gasteiger partial charge in [0.1, 0.15) is 4.90 Å². The second-order valence-electron chi connectivity index (χ2n) is 4.70. The van der Waals surface area contributed by atoms with Crippen LogP contribution < -0.4 is 11.2 Å². The molecular formula is C16H16N2O4S. The molecule has 0 saturated carbocycles. The van der Waals surface area contributed by atoms with Crippen molar-refractivity contribution in [2.24, 2.45) is 5.90 Å². The van der Waals surface area contributed by atoms with Gasteiger partial charge in [-0.1, -0.05) is 42.5 Å². The average molecular weight is 332 g/mol. The summed E-state index contributed by atoms with van der Waals surface area (Å²) < 4.78 is 28.3. The highest BCUT2D eigenvalue weighted by Gasteiger charge is 2.19. The number of rotatable bonds is 4. The molecule has 0 spiro atoms. The van der Waals surface area contributed by atoms with Crippen molar-refractivity contribution in [1.29, 1.82) is 0 Å². The topological polar surface area (TPSA) is 113 Å². The fourth-order valence-electron chi connectivity index (χ4n) is 2.35. The number of hydrogen-bond acceptors (Lipinski definition) is 5. The van der Waals surface area contributed by atoms with E-state index in [4.69, 9.17) is 5.90 Å². The minimum Gasteiger partial charge on any atom is -0.412 e. The lowest BCUT2D eigenvalue weighted by Crippen LogP contribution is -2.12. The molecule has 5 N–H and O–H groups in total. The Bertz CT molecular complexity index is 907. The zero-order valence-corrected chi connectivity index (χ0v) is 12.9. The van der Waals surface area contributed by atoms with Gasteiger partial charge in [-0.2, -0.15) is 18.6 Å². The summed E-state index contributed by atoms with van der Waals surface area (Å²) >= 11 is 0. The molecule has 0 radical (unpaired) electrons. The highest BCUT2D eigenvalue weighted by atomic mass is 32.2. The molecule has 0 aliphatic heterocycles. The van der Waals surface area contributed by atoms with Crippen molar-refractivity contribution in [1.82, 2.24) is 0 Å². The van der Waals surface area contributed by atoms with E-state index in [1.807, 2.05) is 54.6 Å². The first-order chi connectivity index (χ1) is 10.6. The van der Waals surface area contributed by atoms with E-state index in [2.05, 4.69) is 9.60 Å². The second-order valence-corrected chi connectivity index (χ2v) is 6.24. The predicted molar refractivity (Wildman–Crippen MR) is 89.7 cm³/mol. The van der Waals surface area contributed by atoms with Crippen LogP contribution in [0, 0.1) is 0 Å². The molecule has 0 heterocycles. The molecule has 6 nitrogen and oxygen atoms in total. The molecule has 3 aromatic carbocycles. The van der Waals surface area contributed by atoms with Gasteiger partial charge >= 0.3 is 10.1 Å². The Balaban J connectivity index is 0.00000192. The fraction of sp³-hybridized carbons (Fsp3) is 0. The van der Waals surface area contributed by atoms with E-state index >= 15 is 0 Å². The van der Waals surface area contributed by atoms with Gasteiger partial charge in [-0.05, 0) is 29.7 Å². The monoisotopic (exact) mass is 332 g/mol. The van der Waals surface area contributed by atoms with Crippen molar-refractivity contribution >= 4 is 32.3 Å². The standard InChI is InChI=1S/C16H14N2O3S.H2O/c17-21-22(19,20)15-11-5-7-12-6-4-10-14(16(12)15)18-13-8-2-1-3-9-13;/h1-11,18H,17H2;1H2. The molecule has 0 aromatic heterocycles. The molecule has 3 rings (SSSR count). The summed E-state index contributed by atoms with van der Waals surface area (Å²) in [6.45, 7) is 0. The number of hydrogen-bond donors (Lipinski definition) is 2. The number of nitrogens with two attached hydrogens (primary N) is 1. The maximum absolute atomic E-state index is 12.0. The molecule has 7 heteroatoms. The maximum atomic E-state index is 12.0. The summed E-state index contributed by atoms with van der Waals surface area (Å²) in [5, 5.41) is 4.54. The van der Waals surface area contributed by atoms with Crippen LogP contribution in [0.1, 0.15) is 0 Å². The Kier molecular flexibility index (Phi) is 4.97. The molecule has 0 amide bonds. The first kappa shape index (κ1) is 16.9. The first-order valence-electron chi connectivity index (χ1n) is 6.59. The molecule has 0 bridgehead atoms. The second kappa shape index (κ2) is 6.76. The van der Waals surface area contributed by atoms with Gasteiger partial charge in [-0.15, -0.1) is 0 Å². The molecule has 0 unspecified atom stereocenters. The number of fused-ring (bicyclic) bond motifs is 1. The minimum absolute atomic E-state index is 0. The Hall–Kier alpha value is -2.45.